The summed E-state index contributed by atoms with van der Waals surface area (Å²) >= 11 is -3.76. The third kappa shape index (κ3) is 36.2. The summed E-state index contributed by atoms with van der Waals surface area (Å²) in [5, 5.41) is 0. The van der Waals surface area contributed by atoms with Gasteiger partial charge in [-0.1, -0.05) is 90.9 Å². The Bertz CT molecular complexity index is 535. The van der Waals surface area contributed by atoms with Gasteiger partial charge in [0.15, 0.2) is 0 Å². The topological polar surface area (TPSA) is 36.9 Å². The second kappa shape index (κ2) is 37.8. The zero-order valence-corrected chi connectivity index (χ0v) is 34.9. The quantitative estimate of drug-likeness (QED) is 0.0470. The van der Waals surface area contributed by atoms with Gasteiger partial charge in [-0.15, -0.1) is 0 Å². The van der Waals surface area contributed by atoms with Gasteiger partial charge in [0.1, 0.15) is 0 Å². The molecule has 284 valence electrons. The summed E-state index contributed by atoms with van der Waals surface area (Å²) in [5.74, 6) is 0. The molecule has 0 heterocycles. The van der Waals surface area contributed by atoms with E-state index >= 15 is 0 Å². The first kappa shape index (κ1) is 47.6. The van der Waals surface area contributed by atoms with Crippen LogP contribution in [0.15, 0.2) is 0 Å². The average Bonchev–Trinajstić information content (AvgIpc) is 3.03. The Labute approximate surface area is 302 Å². The molecule has 0 spiro atoms. The molecule has 0 aromatic carbocycles. The summed E-state index contributed by atoms with van der Waals surface area (Å²) in [7, 11) is 0. The standard InChI is InChI=1S/2C18H37O.2C3H7O.Ti/c2*1-2-3-4-5-6-7-8-9-10-11-12-13-14-15-16-17-18-19;2*1-3(2)4;/h2*2-18H2,1H3;2*3H,1-2H3;/q4*-1;+4. The van der Waals surface area contributed by atoms with Gasteiger partial charge < -0.3 is 0 Å². The Balaban J connectivity index is 3.92. The van der Waals surface area contributed by atoms with Crippen LogP contribution in [-0.2, 0) is 31.4 Å². The van der Waals surface area contributed by atoms with Gasteiger partial charge in [-0.3, -0.25) is 0 Å². The molecule has 0 saturated carbocycles. The number of unbranched alkanes of at least 4 members (excludes halogenated alkanes) is 30. The molecular weight excluding hydrogens is 616 g/mol. The van der Waals surface area contributed by atoms with E-state index in [2.05, 4.69) is 41.5 Å². The molecule has 0 N–H and O–H groups in total. The molecule has 0 atom stereocenters. The predicted molar refractivity (Wildman–Crippen MR) is 203 cm³/mol. The van der Waals surface area contributed by atoms with E-state index in [1.807, 2.05) is 0 Å². The van der Waals surface area contributed by atoms with Crippen LogP contribution >= 0.6 is 0 Å². The van der Waals surface area contributed by atoms with E-state index in [4.69, 9.17) is 13.3 Å². The van der Waals surface area contributed by atoms with Gasteiger partial charge in [0.25, 0.3) is 0 Å². The van der Waals surface area contributed by atoms with Crippen LogP contribution in [0.4, 0.5) is 0 Å². The van der Waals surface area contributed by atoms with Crippen LogP contribution in [0.2, 0.25) is 0 Å². The van der Waals surface area contributed by atoms with E-state index in [-0.39, 0.29) is 12.2 Å². The fraction of sp³-hybridized carbons (Fsp3) is 1.00. The van der Waals surface area contributed by atoms with E-state index in [0.717, 1.165) is 12.8 Å². The molecule has 0 aliphatic rings. The maximum absolute atomic E-state index is 6.42. The first-order valence-corrected chi connectivity index (χ1v) is 24.1. The van der Waals surface area contributed by atoms with E-state index in [0.29, 0.717) is 13.2 Å². The fourth-order valence-electron chi connectivity index (χ4n) is 6.48. The predicted octanol–water partition coefficient (Wildman–Crippen LogP) is 15.2. The molecule has 0 saturated heterocycles. The molecule has 0 amide bonds. The normalized spacial score (nSPS) is 12.3. The van der Waals surface area contributed by atoms with Crippen molar-refractivity contribution in [2.45, 2.75) is 259 Å². The molecule has 0 fully saturated rings. The Morgan fingerprint density at radius 1 is 0.298 bits per heavy atom. The van der Waals surface area contributed by atoms with Crippen LogP contribution in [0, 0.1) is 0 Å². The minimum atomic E-state index is -3.76. The van der Waals surface area contributed by atoms with Gasteiger partial charge in [0, 0.05) is 0 Å². The average molecular weight is 705 g/mol. The van der Waals surface area contributed by atoms with Gasteiger partial charge in [0.2, 0.25) is 0 Å². The summed E-state index contributed by atoms with van der Waals surface area (Å²) < 4.78 is 25.5. The zero-order valence-electron chi connectivity index (χ0n) is 33.3. The van der Waals surface area contributed by atoms with Gasteiger partial charge >= 0.3 is 213 Å². The van der Waals surface area contributed by atoms with Crippen molar-refractivity contribution in [3.63, 3.8) is 0 Å². The molecule has 0 rings (SSSR count). The van der Waals surface area contributed by atoms with Crippen LogP contribution in [0.1, 0.15) is 247 Å². The summed E-state index contributed by atoms with van der Waals surface area (Å²) in [4.78, 5) is 0. The molecule has 0 radical (unpaired) electrons. The van der Waals surface area contributed by atoms with Crippen LogP contribution in [0.3, 0.4) is 0 Å². The first-order chi connectivity index (χ1) is 23.0. The fourth-order valence-corrected chi connectivity index (χ4v) is 10.2. The van der Waals surface area contributed by atoms with Crippen molar-refractivity contribution >= 4 is 0 Å². The molecule has 47 heavy (non-hydrogen) atoms. The van der Waals surface area contributed by atoms with Crippen molar-refractivity contribution in [3.05, 3.63) is 0 Å². The Morgan fingerprint density at radius 2 is 0.489 bits per heavy atom. The van der Waals surface area contributed by atoms with Crippen LogP contribution < -0.4 is 0 Å². The molecule has 0 aliphatic carbocycles. The Hall–Kier alpha value is 0.554. The molecule has 0 unspecified atom stereocenters. The zero-order chi connectivity index (χ0) is 34.5. The first-order valence-electron chi connectivity index (χ1n) is 21.6. The second-order valence-corrected chi connectivity index (χ2v) is 18.3. The molecule has 5 heteroatoms. The molecule has 0 aliphatic heterocycles. The van der Waals surface area contributed by atoms with E-state index in [1.165, 1.54) is 193 Å². The molecule has 0 bridgehead atoms. The van der Waals surface area contributed by atoms with Crippen molar-refractivity contribution in [2.24, 2.45) is 0 Å². The van der Waals surface area contributed by atoms with Crippen molar-refractivity contribution in [2.75, 3.05) is 13.2 Å². The summed E-state index contributed by atoms with van der Waals surface area (Å²) in [6.45, 7) is 14.3. The summed E-state index contributed by atoms with van der Waals surface area (Å²) in [6, 6.07) is 0. The van der Waals surface area contributed by atoms with Gasteiger partial charge in [-0.2, -0.15) is 0 Å². The number of rotatable bonds is 40. The van der Waals surface area contributed by atoms with Gasteiger partial charge in [0.05, 0.1) is 0 Å². The van der Waals surface area contributed by atoms with Gasteiger partial charge in [-0.25, -0.2) is 0 Å². The number of hydrogen-bond acceptors (Lipinski definition) is 4. The monoisotopic (exact) mass is 705 g/mol. The molecular formula is C42H88O4Ti. The van der Waals surface area contributed by atoms with Crippen LogP contribution in [0.5, 0.6) is 0 Å². The summed E-state index contributed by atoms with van der Waals surface area (Å²) in [6.07, 6.45) is 44.2. The third-order valence-electron chi connectivity index (χ3n) is 9.31. The van der Waals surface area contributed by atoms with Crippen molar-refractivity contribution in [1.29, 1.82) is 0 Å². The minimum absolute atomic E-state index is 0.0466. The molecule has 0 aromatic rings. The maximum atomic E-state index is 6.42. The Morgan fingerprint density at radius 3 is 0.681 bits per heavy atom. The Kier molecular flexibility index (Phi) is 38.2. The molecule has 0 aromatic heterocycles. The van der Waals surface area contributed by atoms with Crippen molar-refractivity contribution < 1.29 is 31.4 Å². The summed E-state index contributed by atoms with van der Waals surface area (Å²) in [5.41, 5.74) is 0. The van der Waals surface area contributed by atoms with Crippen molar-refractivity contribution in [1.82, 2.24) is 0 Å². The van der Waals surface area contributed by atoms with Crippen LogP contribution in [0.25, 0.3) is 0 Å². The second-order valence-electron chi connectivity index (χ2n) is 15.1. The van der Waals surface area contributed by atoms with E-state index < -0.39 is 18.1 Å². The van der Waals surface area contributed by atoms with E-state index in [1.54, 1.807) is 0 Å². The van der Waals surface area contributed by atoms with Crippen LogP contribution in [-0.4, -0.2) is 25.4 Å². The third-order valence-corrected chi connectivity index (χ3v) is 13.4. The van der Waals surface area contributed by atoms with Gasteiger partial charge in [-0.05, 0) is 0 Å². The van der Waals surface area contributed by atoms with Crippen molar-refractivity contribution in [3.8, 4) is 0 Å². The van der Waals surface area contributed by atoms with E-state index in [9.17, 15) is 0 Å². The number of hydrogen-bond donors (Lipinski definition) is 0. The SMILES string of the molecule is CCCCCCCCCCCCCCCCCC[O][Ti]([O]CCCCCCCCCCCCCCCCCC)([O]C(C)C)[O]C(C)C. The molecule has 4 nitrogen and oxygen atoms in total.